The molecule has 9 heteroatoms. The second-order valence-corrected chi connectivity index (χ2v) is 5.71. The second kappa shape index (κ2) is 7.18. The van der Waals surface area contributed by atoms with Crippen molar-refractivity contribution in [2.45, 2.75) is 0 Å². The normalized spacial score (nSPS) is 15.3. The molecule has 0 aromatic carbocycles. The Morgan fingerprint density at radius 3 is 2.62 bits per heavy atom. The third-order valence-electron chi connectivity index (χ3n) is 4.11. The molecule has 26 heavy (non-hydrogen) atoms. The van der Waals surface area contributed by atoms with E-state index < -0.39 is 0 Å². The first-order valence-electron chi connectivity index (χ1n) is 8.24. The molecule has 1 fully saturated rings. The Labute approximate surface area is 149 Å². The number of fused-ring (bicyclic) bond motifs is 1. The minimum Gasteiger partial charge on any atom is -0.463 e. The summed E-state index contributed by atoms with van der Waals surface area (Å²) in [7, 11) is 0. The highest BCUT2D eigenvalue weighted by atomic mass is 16.3. The Balaban J connectivity index is 1.41. The predicted molar refractivity (Wildman–Crippen MR) is 93.9 cm³/mol. The SMILES string of the molecule is O=C(N/N=c1/ccoc2cccnc12)N1CCN(c2ncccn2)CC1. The molecule has 0 unspecified atom stereocenters. The molecular formula is C17H17N7O2. The van der Waals surface area contributed by atoms with Crippen LogP contribution < -0.4 is 15.7 Å². The third-order valence-corrected chi connectivity index (χ3v) is 4.11. The van der Waals surface area contributed by atoms with E-state index in [0.717, 1.165) is 0 Å². The van der Waals surface area contributed by atoms with E-state index in [1.807, 2.05) is 0 Å². The molecule has 132 valence electrons. The van der Waals surface area contributed by atoms with Crippen LogP contribution >= 0.6 is 0 Å². The van der Waals surface area contributed by atoms with Gasteiger partial charge in [0.1, 0.15) is 10.9 Å². The maximum absolute atomic E-state index is 12.4. The molecule has 1 N–H and O–H groups in total. The van der Waals surface area contributed by atoms with E-state index in [-0.39, 0.29) is 6.03 Å². The van der Waals surface area contributed by atoms with E-state index in [1.54, 1.807) is 47.8 Å². The summed E-state index contributed by atoms with van der Waals surface area (Å²) in [5.41, 5.74) is 3.81. The first-order valence-corrected chi connectivity index (χ1v) is 8.24. The van der Waals surface area contributed by atoms with E-state index in [1.165, 1.54) is 6.26 Å². The smallest absolute Gasteiger partial charge is 0.337 e. The van der Waals surface area contributed by atoms with Crippen LogP contribution in [0.5, 0.6) is 0 Å². The van der Waals surface area contributed by atoms with Crippen LogP contribution in [0.4, 0.5) is 10.7 Å². The van der Waals surface area contributed by atoms with Gasteiger partial charge in [0.2, 0.25) is 5.95 Å². The topological polar surface area (TPSA) is 99.8 Å². The largest absolute Gasteiger partial charge is 0.463 e. The quantitative estimate of drug-likeness (QED) is 0.691. The molecular weight excluding hydrogens is 334 g/mol. The van der Waals surface area contributed by atoms with Crippen LogP contribution in [-0.4, -0.2) is 52.1 Å². The summed E-state index contributed by atoms with van der Waals surface area (Å²) < 4.78 is 5.37. The van der Waals surface area contributed by atoms with E-state index in [0.29, 0.717) is 48.6 Å². The van der Waals surface area contributed by atoms with Gasteiger partial charge in [-0.3, -0.25) is 4.98 Å². The van der Waals surface area contributed by atoms with Gasteiger partial charge in [0.05, 0.1) is 6.26 Å². The van der Waals surface area contributed by atoms with Crippen molar-refractivity contribution >= 4 is 23.1 Å². The van der Waals surface area contributed by atoms with Gasteiger partial charge in [-0.2, -0.15) is 5.10 Å². The Hall–Kier alpha value is -3.49. The van der Waals surface area contributed by atoms with Crippen LogP contribution in [0.3, 0.4) is 0 Å². The highest BCUT2D eigenvalue weighted by Crippen LogP contribution is 2.09. The van der Waals surface area contributed by atoms with Gasteiger partial charge in [-0.1, -0.05) is 0 Å². The minimum atomic E-state index is -0.247. The van der Waals surface area contributed by atoms with Crippen molar-refractivity contribution in [1.82, 2.24) is 25.3 Å². The molecule has 9 nitrogen and oxygen atoms in total. The Kier molecular flexibility index (Phi) is 4.42. The van der Waals surface area contributed by atoms with Gasteiger partial charge < -0.3 is 14.2 Å². The molecule has 0 bridgehead atoms. The summed E-state index contributed by atoms with van der Waals surface area (Å²) in [4.78, 5) is 28.9. The zero-order valence-corrected chi connectivity index (χ0v) is 13.9. The van der Waals surface area contributed by atoms with E-state index in [2.05, 4.69) is 30.4 Å². The van der Waals surface area contributed by atoms with Crippen LogP contribution in [0.1, 0.15) is 0 Å². The fourth-order valence-corrected chi connectivity index (χ4v) is 2.76. The predicted octanol–water partition coefficient (Wildman–Crippen LogP) is 0.965. The molecule has 2 amide bonds. The molecule has 1 aliphatic rings. The number of carbonyl (C=O) groups excluding carboxylic acids is 1. The van der Waals surface area contributed by atoms with Crippen LogP contribution in [0.15, 0.2) is 58.6 Å². The number of nitrogens with zero attached hydrogens (tertiary/aromatic N) is 6. The number of pyridine rings is 1. The fraction of sp³-hybridized carbons (Fsp3) is 0.235. The van der Waals surface area contributed by atoms with Crippen molar-refractivity contribution in [3.05, 3.63) is 54.5 Å². The summed E-state index contributed by atoms with van der Waals surface area (Å²) in [6.45, 7) is 2.49. The van der Waals surface area contributed by atoms with Gasteiger partial charge in [0.15, 0.2) is 5.58 Å². The summed E-state index contributed by atoms with van der Waals surface area (Å²) in [6, 6.07) is 6.78. The third kappa shape index (κ3) is 3.32. The first-order chi connectivity index (χ1) is 12.8. The first kappa shape index (κ1) is 16.0. The molecule has 4 heterocycles. The second-order valence-electron chi connectivity index (χ2n) is 5.71. The lowest BCUT2D eigenvalue weighted by Gasteiger charge is -2.34. The summed E-state index contributed by atoms with van der Waals surface area (Å²) in [6.07, 6.45) is 6.60. The Morgan fingerprint density at radius 2 is 1.81 bits per heavy atom. The van der Waals surface area contributed by atoms with Crippen molar-refractivity contribution in [1.29, 1.82) is 0 Å². The molecule has 3 aromatic rings. The zero-order valence-electron chi connectivity index (χ0n) is 13.9. The van der Waals surface area contributed by atoms with Gasteiger partial charge in [-0.15, -0.1) is 0 Å². The molecule has 4 rings (SSSR count). The van der Waals surface area contributed by atoms with Crippen molar-refractivity contribution in [2.75, 3.05) is 31.1 Å². The van der Waals surface area contributed by atoms with Crippen LogP contribution in [0, 0.1) is 0 Å². The molecule has 1 saturated heterocycles. The number of hydrogen-bond donors (Lipinski definition) is 1. The molecule has 0 saturated carbocycles. The fourth-order valence-electron chi connectivity index (χ4n) is 2.76. The molecule has 0 aliphatic carbocycles. The highest BCUT2D eigenvalue weighted by molar-refractivity contribution is 5.74. The van der Waals surface area contributed by atoms with Gasteiger partial charge in [0, 0.05) is 50.8 Å². The number of hydrogen-bond acceptors (Lipinski definition) is 7. The van der Waals surface area contributed by atoms with Gasteiger partial charge in [-0.25, -0.2) is 20.2 Å². The van der Waals surface area contributed by atoms with E-state index >= 15 is 0 Å². The van der Waals surface area contributed by atoms with Gasteiger partial charge >= 0.3 is 6.03 Å². The molecule has 0 atom stereocenters. The van der Waals surface area contributed by atoms with Crippen LogP contribution in [0.2, 0.25) is 0 Å². The number of urea groups is 1. The lowest BCUT2D eigenvalue weighted by atomic mass is 10.3. The molecule has 3 aromatic heterocycles. The zero-order chi connectivity index (χ0) is 17.8. The minimum absolute atomic E-state index is 0.247. The lowest BCUT2D eigenvalue weighted by molar-refractivity contribution is 0.194. The van der Waals surface area contributed by atoms with Crippen molar-refractivity contribution < 1.29 is 9.21 Å². The Morgan fingerprint density at radius 1 is 1.04 bits per heavy atom. The number of nitrogens with one attached hydrogen (secondary N) is 1. The summed E-state index contributed by atoms with van der Waals surface area (Å²) in [5.74, 6) is 0.683. The number of rotatable bonds is 2. The Bertz CT molecular complexity index is 960. The van der Waals surface area contributed by atoms with E-state index in [4.69, 9.17) is 4.42 Å². The number of aromatic nitrogens is 3. The molecule has 0 spiro atoms. The standard InChI is InChI=1S/C17H17N7O2/c25-17(22-21-13-4-12-26-14-3-1-5-18-15(13)14)24-10-8-23(9-11-24)16-19-6-2-7-20-16/h1-7,12H,8-11H2,(H,22,25)/b21-13-. The average molecular weight is 351 g/mol. The number of piperazine rings is 1. The van der Waals surface area contributed by atoms with Crippen molar-refractivity contribution in [3.63, 3.8) is 0 Å². The van der Waals surface area contributed by atoms with Crippen molar-refractivity contribution in [2.24, 2.45) is 5.10 Å². The van der Waals surface area contributed by atoms with Gasteiger partial charge in [-0.05, 0) is 18.2 Å². The average Bonchev–Trinajstić information content (AvgIpc) is 2.73. The van der Waals surface area contributed by atoms with Crippen LogP contribution in [0.25, 0.3) is 11.1 Å². The van der Waals surface area contributed by atoms with Crippen molar-refractivity contribution in [3.8, 4) is 0 Å². The maximum atomic E-state index is 12.4. The monoisotopic (exact) mass is 351 g/mol. The maximum Gasteiger partial charge on any atom is 0.337 e. The molecule has 0 radical (unpaired) electrons. The summed E-state index contributed by atoms with van der Waals surface area (Å²) >= 11 is 0. The highest BCUT2D eigenvalue weighted by Gasteiger charge is 2.22. The molecule has 1 aliphatic heterocycles. The summed E-state index contributed by atoms with van der Waals surface area (Å²) in [5, 5.41) is 4.74. The number of carbonyl (C=O) groups is 1. The van der Waals surface area contributed by atoms with E-state index in [9.17, 15) is 4.79 Å². The number of anilines is 1. The lowest BCUT2D eigenvalue weighted by Crippen LogP contribution is -2.51. The van der Waals surface area contributed by atoms with Gasteiger partial charge in [0.25, 0.3) is 0 Å². The van der Waals surface area contributed by atoms with Crippen LogP contribution in [-0.2, 0) is 0 Å². The number of amides is 2.